The van der Waals surface area contributed by atoms with Gasteiger partial charge in [-0.05, 0) is 24.8 Å². The average molecular weight is 297 g/mol. The lowest BCUT2D eigenvalue weighted by Crippen LogP contribution is -2.29. The lowest BCUT2D eigenvalue weighted by molar-refractivity contribution is -0.384. The van der Waals surface area contributed by atoms with E-state index in [1.807, 2.05) is 0 Å². The quantitative estimate of drug-likeness (QED) is 0.631. The molecule has 0 N–H and O–H groups in total. The zero-order chi connectivity index (χ0) is 14.7. The van der Waals surface area contributed by atoms with Crippen molar-refractivity contribution in [1.29, 1.82) is 0 Å². The number of carbonyl (C=O) groups excluding carboxylic acids is 1. The summed E-state index contributed by atoms with van der Waals surface area (Å²) < 4.78 is 0. The molecule has 0 aliphatic carbocycles. The molecular formula is C14H17ClN2O3. The zero-order valence-corrected chi connectivity index (χ0v) is 12.1. The molecule has 2 rings (SSSR count). The number of amides is 1. The van der Waals surface area contributed by atoms with E-state index in [-0.39, 0.29) is 22.2 Å². The summed E-state index contributed by atoms with van der Waals surface area (Å²) >= 11 is 6.00. The lowest BCUT2D eigenvalue weighted by Gasteiger charge is -2.17. The summed E-state index contributed by atoms with van der Waals surface area (Å²) in [5.41, 5.74) is 0.111. The summed E-state index contributed by atoms with van der Waals surface area (Å²) in [5, 5.41) is 11.0. The van der Waals surface area contributed by atoms with E-state index < -0.39 is 4.92 Å². The van der Waals surface area contributed by atoms with Crippen molar-refractivity contribution in [3.8, 4) is 0 Å². The van der Waals surface area contributed by atoms with Crippen LogP contribution in [0.15, 0.2) is 18.2 Å². The first-order valence-corrected chi connectivity index (χ1v) is 7.14. The van der Waals surface area contributed by atoms with Crippen molar-refractivity contribution in [2.75, 3.05) is 13.1 Å². The summed E-state index contributed by atoms with van der Waals surface area (Å²) in [7, 11) is 0. The molecule has 1 amide bonds. The Balaban J connectivity index is 2.17. The minimum atomic E-state index is -0.517. The molecule has 1 atom stereocenters. The Hall–Kier alpha value is -1.62. The summed E-state index contributed by atoms with van der Waals surface area (Å²) in [6.45, 7) is 3.54. The van der Waals surface area contributed by atoms with Gasteiger partial charge < -0.3 is 4.90 Å². The molecule has 5 nitrogen and oxygen atoms in total. The number of likely N-dealkylation sites (tertiary alicyclic amines) is 1. The SMILES string of the molecule is CCCC1CCN(C(=O)c2cc([N+](=O)[O-])ccc2Cl)C1. The minimum absolute atomic E-state index is 0.109. The van der Waals surface area contributed by atoms with Crippen molar-refractivity contribution >= 4 is 23.2 Å². The van der Waals surface area contributed by atoms with Crippen molar-refractivity contribution in [1.82, 2.24) is 4.90 Å². The highest BCUT2D eigenvalue weighted by atomic mass is 35.5. The van der Waals surface area contributed by atoms with Gasteiger partial charge >= 0.3 is 0 Å². The molecule has 1 saturated heterocycles. The van der Waals surface area contributed by atoms with Gasteiger partial charge in [-0.2, -0.15) is 0 Å². The van der Waals surface area contributed by atoms with Gasteiger partial charge in [-0.15, -0.1) is 0 Å². The maximum atomic E-state index is 12.4. The molecule has 0 bridgehead atoms. The Morgan fingerprint density at radius 1 is 1.55 bits per heavy atom. The molecule has 1 heterocycles. The lowest BCUT2D eigenvalue weighted by atomic mass is 10.0. The van der Waals surface area contributed by atoms with E-state index in [4.69, 9.17) is 11.6 Å². The van der Waals surface area contributed by atoms with Crippen LogP contribution in [0.4, 0.5) is 5.69 Å². The molecule has 0 aromatic heterocycles. The highest BCUT2D eigenvalue weighted by molar-refractivity contribution is 6.33. The highest BCUT2D eigenvalue weighted by Gasteiger charge is 2.28. The molecule has 1 aliphatic heterocycles. The molecular weight excluding hydrogens is 280 g/mol. The third kappa shape index (κ3) is 3.10. The van der Waals surface area contributed by atoms with E-state index >= 15 is 0 Å². The average Bonchev–Trinajstić information content (AvgIpc) is 2.87. The van der Waals surface area contributed by atoms with Crippen molar-refractivity contribution in [2.45, 2.75) is 26.2 Å². The van der Waals surface area contributed by atoms with Gasteiger partial charge in [0.15, 0.2) is 0 Å². The summed E-state index contributed by atoms with van der Waals surface area (Å²) in [5.74, 6) is 0.318. The van der Waals surface area contributed by atoms with E-state index in [1.165, 1.54) is 18.2 Å². The smallest absolute Gasteiger partial charge is 0.270 e. The Kier molecular flexibility index (Phi) is 4.60. The summed E-state index contributed by atoms with van der Waals surface area (Å²) in [6, 6.07) is 3.98. The van der Waals surface area contributed by atoms with E-state index in [9.17, 15) is 14.9 Å². The molecule has 0 radical (unpaired) electrons. The van der Waals surface area contributed by atoms with Crippen LogP contribution in [0.5, 0.6) is 0 Å². The number of hydrogen-bond donors (Lipinski definition) is 0. The molecule has 108 valence electrons. The van der Waals surface area contributed by atoms with Crippen molar-refractivity contribution in [3.05, 3.63) is 38.9 Å². The third-order valence-electron chi connectivity index (χ3n) is 3.66. The topological polar surface area (TPSA) is 63.5 Å². The molecule has 1 aromatic rings. The second-order valence-corrected chi connectivity index (χ2v) is 5.52. The van der Waals surface area contributed by atoms with Gasteiger partial charge in [0.2, 0.25) is 0 Å². The van der Waals surface area contributed by atoms with Crippen LogP contribution in [-0.2, 0) is 0 Å². The number of nitro benzene ring substituents is 1. The maximum absolute atomic E-state index is 12.4. The van der Waals surface area contributed by atoms with Crippen LogP contribution in [0.2, 0.25) is 5.02 Å². The van der Waals surface area contributed by atoms with Gasteiger partial charge in [-0.3, -0.25) is 14.9 Å². The molecule has 20 heavy (non-hydrogen) atoms. The van der Waals surface area contributed by atoms with Crippen molar-refractivity contribution < 1.29 is 9.72 Å². The molecule has 1 fully saturated rings. The van der Waals surface area contributed by atoms with E-state index in [0.717, 1.165) is 19.3 Å². The predicted molar refractivity (Wildman–Crippen MR) is 77.0 cm³/mol. The molecule has 1 unspecified atom stereocenters. The first-order chi connectivity index (χ1) is 9.52. The van der Waals surface area contributed by atoms with Crippen LogP contribution in [0.1, 0.15) is 36.5 Å². The highest BCUT2D eigenvalue weighted by Crippen LogP contribution is 2.27. The van der Waals surface area contributed by atoms with E-state index in [0.29, 0.717) is 19.0 Å². The van der Waals surface area contributed by atoms with Gasteiger partial charge in [-0.25, -0.2) is 0 Å². The van der Waals surface area contributed by atoms with E-state index in [2.05, 4.69) is 6.92 Å². The molecule has 0 saturated carbocycles. The van der Waals surface area contributed by atoms with Crippen LogP contribution in [0, 0.1) is 16.0 Å². The number of non-ortho nitro benzene ring substituents is 1. The van der Waals surface area contributed by atoms with Gasteiger partial charge in [-0.1, -0.05) is 24.9 Å². The van der Waals surface area contributed by atoms with Crippen LogP contribution in [0.3, 0.4) is 0 Å². The number of halogens is 1. The van der Waals surface area contributed by atoms with Crippen molar-refractivity contribution in [3.63, 3.8) is 0 Å². The van der Waals surface area contributed by atoms with Crippen molar-refractivity contribution in [2.24, 2.45) is 5.92 Å². The van der Waals surface area contributed by atoms with E-state index in [1.54, 1.807) is 4.90 Å². The van der Waals surface area contributed by atoms with Gasteiger partial charge in [0, 0.05) is 25.2 Å². The standard InChI is InChI=1S/C14H17ClN2O3/c1-2-3-10-6-7-16(9-10)14(18)12-8-11(17(19)20)4-5-13(12)15/h4-5,8,10H,2-3,6-7,9H2,1H3. The Morgan fingerprint density at radius 3 is 2.95 bits per heavy atom. The van der Waals surface area contributed by atoms with Gasteiger partial charge in [0.1, 0.15) is 0 Å². The monoisotopic (exact) mass is 296 g/mol. The van der Waals surface area contributed by atoms with Crippen LogP contribution in [0.25, 0.3) is 0 Å². The number of hydrogen-bond acceptors (Lipinski definition) is 3. The first kappa shape index (κ1) is 14.8. The number of nitrogens with zero attached hydrogens (tertiary/aromatic N) is 2. The number of nitro groups is 1. The number of carbonyl (C=O) groups is 1. The fourth-order valence-corrected chi connectivity index (χ4v) is 2.82. The second-order valence-electron chi connectivity index (χ2n) is 5.12. The fraction of sp³-hybridized carbons (Fsp3) is 0.500. The van der Waals surface area contributed by atoms with Crippen LogP contribution in [-0.4, -0.2) is 28.8 Å². The summed E-state index contributed by atoms with van der Waals surface area (Å²) in [6.07, 6.45) is 3.20. The molecule has 1 aliphatic rings. The summed E-state index contributed by atoms with van der Waals surface area (Å²) in [4.78, 5) is 24.4. The van der Waals surface area contributed by atoms with Crippen LogP contribution >= 0.6 is 11.6 Å². The van der Waals surface area contributed by atoms with Crippen LogP contribution < -0.4 is 0 Å². The van der Waals surface area contributed by atoms with Gasteiger partial charge in [0.05, 0.1) is 15.5 Å². The van der Waals surface area contributed by atoms with Gasteiger partial charge in [0.25, 0.3) is 11.6 Å². The fourth-order valence-electron chi connectivity index (χ4n) is 2.62. The maximum Gasteiger partial charge on any atom is 0.270 e. The number of benzene rings is 1. The largest absolute Gasteiger partial charge is 0.338 e. The minimum Gasteiger partial charge on any atom is -0.338 e. The number of rotatable bonds is 4. The Morgan fingerprint density at radius 2 is 2.30 bits per heavy atom. The third-order valence-corrected chi connectivity index (χ3v) is 3.99. The molecule has 0 spiro atoms. The Labute approximate surface area is 122 Å². The molecule has 1 aromatic carbocycles. The second kappa shape index (κ2) is 6.22. The Bertz CT molecular complexity index is 533. The first-order valence-electron chi connectivity index (χ1n) is 6.76. The molecule has 6 heteroatoms. The normalized spacial score (nSPS) is 18.3. The zero-order valence-electron chi connectivity index (χ0n) is 11.3. The predicted octanol–water partition coefficient (Wildman–Crippen LogP) is 3.51.